The largest absolute Gasteiger partial charge is 0.466 e. The van der Waals surface area contributed by atoms with Gasteiger partial charge in [-0.2, -0.15) is 0 Å². The second kappa shape index (κ2) is 10.3. The lowest BCUT2D eigenvalue weighted by Gasteiger charge is -2.36. The van der Waals surface area contributed by atoms with Gasteiger partial charge in [0, 0.05) is 34.5 Å². The maximum atomic E-state index is 13.8. The summed E-state index contributed by atoms with van der Waals surface area (Å²) in [4.78, 5) is 44.2. The van der Waals surface area contributed by atoms with Gasteiger partial charge in [-0.25, -0.2) is 0 Å². The molecule has 1 aromatic rings. The number of fused-ring (bicyclic) bond motifs is 1. The Morgan fingerprint density at radius 2 is 1.94 bits per heavy atom. The van der Waals surface area contributed by atoms with Gasteiger partial charge in [0.15, 0.2) is 0 Å². The highest BCUT2D eigenvalue weighted by molar-refractivity contribution is 9.09. The fraction of sp³-hybridized carbons (Fsp3) is 0.640. The number of amides is 2. The summed E-state index contributed by atoms with van der Waals surface area (Å²) < 4.78 is 4.58. The summed E-state index contributed by atoms with van der Waals surface area (Å²) >= 11 is 5.27. The van der Waals surface area contributed by atoms with Gasteiger partial charge < -0.3 is 25.0 Å². The number of rotatable bonds is 9. The summed E-state index contributed by atoms with van der Waals surface area (Å²) in [5.41, 5.74) is 1.72. The summed E-state index contributed by atoms with van der Waals surface area (Å²) in [6.45, 7) is 9.41. The van der Waals surface area contributed by atoms with E-state index in [1.807, 2.05) is 24.3 Å². The van der Waals surface area contributed by atoms with E-state index in [1.54, 1.807) is 25.6 Å². The number of nitrogens with zero attached hydrogens (tertiary/aromatic N) is 2. The zero-order valence-electron chi connectivity index (χ0n) is 20.6. The standard InChI is InChI=1S/C25H34BrN3O5S/c1-5-28(6-2)16-10-8-15(9-11-16)27-22(31)21-25-12-17(26)20(35-25)18(24(33)34-7-3)19(25)23(32)29(21)14(4)13-30/h8-11,14,17-21,30H,5-7,12-13H2,1-4H3,(H,27,31)/t14-,17?,18-,19+,20-,21?,25?/m1/s1. The SMILES string of the molecule is CCOC(=O)[C@H]1[C@@H]2SC3(CC2Br)C(C(=O)Nc2ccc(N(CC)CC)cc2)N([C@H](C)CO)C(=O)[C@H]13. The number of halogens is 1. The molecule has 192 valence electrons. The number of hydrogen-bond donors (Lipinski definition) is 2. The lowest BCUT2D eigenvalue weighted by Crippen LogP contribution is -2.54. The van der Waals surface area contributed by atoms with Gasteiger partial charge in [-0.05, 0) is 58.4 Å². The Hall–Kier alpha value is -1.78. The van der Waals surface area contributed by atoms with E-state index in [0.29, 0.717) is 12.1 Å². The number of ether oxygens (including phenoxy) is 1. The van der Waals surface area contributed by atoms with Gasteiger partial charge in [-0.15, -0.1) is 11.8 Å². The van der Waals surface area contributed by atoms with E-state index in [-0.39, 0.29) is 41.1 Å². The average molecular weight is 569 g/mol. The van der Waals surface area contributed by atoms with Crippen LogP contribution in [0.5, 0.6) is 0 Å². The van der Waals surface area contributed by atoms with Crippen molar-refractivity contribution >= 4 is 56.9 Å². The molecule has 2 N–H and O–H groups in total. The minimum absolute atomic E-state index is 0.0148. The van der Waals surface area contributed by atoms with Crippen molar-refractivity contribution in [3.05, 3.63) is 24.3 Å². The molecule has 7 atom stereocenters. The quantitative estimate of drug-likeness (QED) is 0.349. The number of carbonyl (C=O) groups excluding carboxylic acids is 3. The summed E-state index contributed by atoms with van der Waals surface area (Å²) in [6.07, 6.45) is 0.586. The highest BCUT2D eigenvalue weighted by atomic mass is 79.9. The number of thioether (sulfide) groups is 1. The van der Waals surface area contributed by atoms with E-state index >= 15 is 0 Å². The highest BCUT2D eigenvalue weighted by Gasteiger charge is 2.76. The Kier molecular flexibility index (Phi) is 7.74. The molecule has 0 aromatic heterocycles. The number of likely N-dealkylation sites (tertiary alicyclic amines) is 1. The number of esters is 1. The van der Waals surface area contributed by atoms with Crippen LogP contribution in [0.2, 0.25) is 0 Å². The maximum absolute atomic E-state index is 13.8. The van der Waals surface area contributed by atoms with Crippen LogP contribution in [0.15, 0.2) is 24.3 Å². The zero-order chi connectivity index (χ0) is 25.5. The lowest BCUT2D eigenvalue weighted by molar-refractivity contribution is -0.154. The summed E-state index contributed by atoms with van der Waals surface area (Å²) in [5.74, 6) is -2.21. The zero-order valence-corrected chi connectivity index (χ0v) is 23.0. The number of alkyl halides is 1. The van der Waals surface area contributed by atoms with Crippen LogP contribution in [0.4, 0.5) is 11.4 Å². The van der Waals surface area contributed by atoms with Gasteiger partial charge in [0.2, 0.25) is 11.8 Å². The molecular weight excluding hydrogens is 534 g/mol. The van der Waals surface area contributed by atoms with Gasteiger partial charge in [-0.1, -0.05) is 15.9 Å². The number of aliphatic hydroxyl groups is 1. The predicted octanol–water partition coefficient (Wildman–Crippen LogP) is 2.88. The molecule has 1 spiro atoms. The Balaban J connectivity index is 1.66. The molecule has 35 heavy (non-hydrogen) atoms. The number of benzene rings is 1. The minimum Gasteiger partial charge on any atom is -0.466 e. The molecule has 1 aromatic carbocycles. The third kappa shape index (κ3) is 4.25. The topological polar surface area (TPSA) is 99.2 Å². The molecule has 2 bridgehead atoms. The van der Waals surface area contributed by atoms with Crippen molar-refractivity contribution in [3.63, 3.8) is 0 Å². The molecular formula is C25H34BrN3O5S. The van der Waals surface area contributed by atoms with Crippen molar-refractivity contribution in [2.24, 2.45) is 11.8 Å². The Labute approximate surface area is 219 Å². The third-order valence-corrected chi connectivity index (χ3v) is 10.8. The summed E-state index contributed by atoms with van der Waals surface area (Å²) in [5, 5.41) is 12.8. The molecule has 3 saturated heterocycles. The molecule has 2 amide bonds. The van der Waals surface area contributed by atoms with Gasteiger partial charge in [0.05, 0.1) is 35.8 Å². The van der Waals surface area contributed by atoms with Crippen LogP contribution in [0.1, 0.15) is 34.1 Å². The number of aliphatic hydroxyl groups excluding tert-OH is 1. The molecule has 10 heteroatoms. The Bertz CT molecular complexity index is 974. The predicted molar refractivity (Wildman–Crippen MR) is 141 cm³/mol. The normalized spacial score (nSPS) is 31.9. The second-order valence-electron chi connectivity index (χ2n) is 9.40. The van der Waals surface area contributed by atoms with Crippen molar-refractivity contribution in [2.75, 3.05) is 36.5 Å². The van der Waals surface area contributed by atoms with Crippen LogP contribution in [0.3, 0.4) is 0 Å². The van der Waals surface area contributed by atoms with E-state index in [1.165, 1.54) is 4.90 Å². The molecule has 8 nitrogen and oxygen atoms in total. The van der Waals surface area contributed by atoms with Crippen molar-refractivity contribution < 1.29 is 24.2 Å². The molecule has 0 saturated carbocycles. The second-order valence-corrected chi connectivity index (χ2v) is 12.1. The van der Waals surface area contributed by atoms with Gasteiger partial charge in [0.1, 0.15) is 6.04 Å². The van der Waals surface area contributed by atoms with Gasteiger partial charge in [0.25, 0.3) is 0 Å². The Morgan fingerprint density at radius 1 is 1.29 bits per heavy atom. The van der Waals surface area contributed by atoms with Crippen LogP contribution in [0, 0.1) is 11.8 Å². The van der Waals surface area contributed by atoms with E-state index in [2.05, 4.69) is 40.0 Å². The number of nitrogens with one attached hydrogen (secondary N) is 1. The fourth-order valence-electron chi connectivity index (χ4n) is 5.99. The van der Waals surface area contributed by atoms with Crippen molar-refractivity contribution in [2.45, 2.75) is 61.0 Å². The molecule has 4 rings (SSSR count). The van der Waals surface area contributed by atoms with Crippen LogP contribution < -0.4 is 10.2 Å². The van der Waals surface area contributed by atoms with Crippen LogP contribution >= 0.6 is 27.7 Å². The molecule has 3 unspecified atom stereocenters. The smallest absolute Gasteiger partial charge is 0.310 e. The van der Waals surface area contributed by atoms with E-state index in [9.17, 15) is 19.5 Å². The first-order valence-electron chi connectivity index (χ1n) is 12.3. The molecule has 0 radical (unpaired) electrons. The van der Waals surface area contributed by atoms with Crippen molar-refractivity contribution in [3.8, 4) is 0 Å². The van der Waals surface area contributed by atoms with Crippen molar-refractivity contribution in [1.82, 2.24) is 4.90 Å². The van der Waals surface area contributed by atoms with Gasteiger partial charge >= 0.3 is 5.97 Å². The summed E-state index contributed by atoms with van der Waals surface area (Å²) in [6, 6.07) is 6.31. The summed E-state index contributed by atoms with van der Waals surface area (Å²) in [7, 11) is 0. The molecule has 3 aliphatic heterocycles. The molecule has 0 aliphatic carbocycles. The van der Waals surface area contributed by atoms with Crippen LogP contribution in [0.25, 0.3) is 0 Å². The van der Waals surface area contributed by atoms with E-state index in [4.69, 9.17) is 4.74 Å². The lowest BCUT2D eigenvalue weighted by atomic mass is 9.71. The first kappa shape index (κ1) is 26.3. The maximum Gasteiger partial charge on any atom is 0.310 e. The Morgan fingerprint density at radius 3 is 2.51 bits per heavy atom. The van der Waals surface area contributed by atoms with Gasteiger partial charge in [-0.3, -0.25) is 14.4 Å². The average Bonchev–Trinajstić information content (AvgIpc) is 3.44. The first-order valence-corrected chi connectivity index (χ1v) is 14.1. The fourth-order valence-corrected chi connectivity index (χ4v) is 9.58. The van der Waals surface area contributed by atoms with Crippen LogP contribution in [-0.4, -0.2) is 81.0 Å². The van der Waals surface area contributed by atoms with E-state index < -0.39 is 28.7 Å². The minimum atomic E-state index is -0.806. The van der Waals surface area contributed by atoms with Crippen molar-refractivity contribution in [1.29, 1.82) is 0 Å². The van der Waals surface area contributed by atoms with Crippen LogP contribution in [-0.2, 0) is 19.1 Å². The first-order chi connectivity index (χ1) is 16.7. The number of carbonyl (C=O) groups is 3. The number of hydrogen-bond acceptors (Lipinski definition) is 7. The molecule has 3 aliphatic rings. The highest BCUT2D eigenvalue weighted by Crippen LogP contribution is 2.68. The molecule has 3 fully saturated rings. The molecule has 3 heterocycles. The third-order valence-electron chi connectivity index (χ3n) is 7.54. The van der Waals surface area contributed by atoms with E-state index in [0.717, 1.165) is 18.8 Å². The monoisotopic (exact) mass is 567 g/mol. The number of anilines is 2.